The monoisotopic (exact) mass is 342 g/mol. The first-order chi connectivity index (χ1) is 11.3. The Labute approximate surface area is 136 Å². The fourth-order valence-corrected chi connectivity index (χ4v) is 2.27. The van der Waals surface area contributed by atoms with Crippen molar-refractivity contribution >= 4 is 11.9 Å². The molecule has 2 rings (SSSR count). The van der Waals surface area contributed by atoms with Gasteiger partial charge in [0.1, 0.15) is 24.1 Å². The van der Waals surface area contributed by atoms with Crippen molar-refractivity contribution < 1.29 is 44.6 Å². The van der Waals surface area contributed by atoms with Crippen LogP contribution in [0, 0.1) is 0 Å². The van der Waals surface area contributed by atoms with Gasteiger partial charge in [-0.3, -0.25) is 4.79 Å². The number of ether oxygens (including phenoxy) is 2. The van der Waals surface area contributed by atoms with Crippen molar-refractivity contribution in [2.75, 3.05) is 0 Å². The second-order valence-corrected chi connectivity index (χ2v) is 5.39. The first kappa shape index (κ1) is 18.1. The summed E-state index contributed by atoms with van der Waals surface area (Å²) in [7, 11) is 0. The number of carboxylic acids is 2. The number of aliphatic hydroxyl groups is 3. The third kappa shape index (κ3) is 4.20. The predicted molar refractivity (Wildman–Crippen MR) is 77.3 cm³/mol. The van der Waals surface area contributed by atoms with Gasteiger partial charge in [-0.1, -0.05) is 12.1 Å². The van der Waals surface area contributed by atoms with Gasteiger partial charge >= 0.3 is 11.9 Å². The zero-order chi connectivity index (χ0) is 17.9. The molecule has 1 fully saturated rings. The Morgan fingerprint density at radius 3 is 2.17 bits per heavy atom. The summed E-state index contributed by atoms with van der Waals surface area (Å²) in [4.78, 5) is 21.5. The number of rotatable bonds is 6. The molecule has 0 aromatic heterocycles. The van der Waals surface area contributed by atoms with E-state index >= 15 is 0 Å². The zero-order valence-electron chi connectivity index (χ0n) is 12.5. The Hall–Kier alpha value is -2.20. The maximum atomic E-state index is 11.0. The molecule has 0 aliphatic carbocycles. The van der Waals surface area contributed by atoms with Crippen LogP contribution in [0.4, 0.5) is 0 Å². The highest BCUT2D eigenvalue weighted by molar-refractivity contribution is 5.73. The molecule has 24 heavy (non-hydrogen) atoms. The molecular formula is C15H18O9. The quantitative estimate of drug-likeness (QED) is 0.437. The minimum Gasteiger partial charge on any atom is -0.481 e. The summed E-state index contributed by atoms with van der Waals surface area (Å²) in [5.41, 5.74) is 0.758. The van der Waals surface area contributed by atoms with Gasteiger partial charge in [0, 0.05) is 6.42 Å². The van der Waals surface area contributed by atoms with Gasteiger partial charge in [-0.15, -0.1) is 0 Å². The predicted octanol–water partition coefficient (Wildman–Crippen LogP) is -1.03. The Kier molecular flexibility index (Phi) is 5.73. The first-order valence-corrected chi connectivity index (χ1v) is 7.19. The highest BCUT2D eigenvalue weighted by Gasteiger charge is 2.48. The van der Waals surface area contributed by atoms with E-state index in [1.807, 2.05) is 0 Å². The van der Waals surface area contributed by atoms with Crippen LogP contribution in [0.3, 0.4) is 0 Å². The molecular weight excluding hydrogens is 324 g/mol. The largest absolute Gasteiger partial charge is 0.481 e. The van der Waals surface area contributed by atoms with Gasteiger partial charge < -0.3 is 35.0 Å². The highest BCUT2D eigenvalue weighted by atomic mass is 16.7. The summed E-state index contributed by atoms with van der Waals surface area (Å²) in [5.74, 6) is -2.18. The van der Waals surface area contributed by atoms with Crippen molar-refractivity contribution in [3.05, 3.63) is 29.8 Å². The summed E-state index contributed by atoms with van der Waals surface area (Å²) in [6, 6.07) is 6.24. The van der Waals surface area contributed by atoms with E-state index in [0.29, 0.717) is 6.42 Å². The zero-order valence-corrected chi connectivity index (χ0v) is 12.5. The van der Waals surface area contributed by atoms with E-state index in [2.05, 4.69) is 0 Å². The molecule has 5 atom stereocenters. The molecule has 0 amide bonds. The number of hydrogen-bond donors (Lipinski definition) is 5. The Morgan fingerprint density at radius 2 is 1.62 bits per heavy atom. The van der Waals surface area contributed by atoms with E-state index in [9.17, 15) is 24.9 Å². The number of carbonyl (C=O) groups is 2. The van der Waals surface area contributed by atoms with Crippen LogP contribution in [-0.4, -0.2) is 68.2 Å². The van der Waals surface area contributed by atoms with Crippen molar-refractivity contribution in [3.8, 4) is 5.75 Å². The molecule has 1 aromatic carbocycles. The lowest BCUT2D eigenvalue weighted by Crippen LogP contribution is -2.61. The second kappa shape index (κ2) is 7.58. The van der Waals surface area contributed by atoms with Gasteiger partial charge in [0.25, 0.3) is 0 Å². The molecule has 1 aliphatic rings. The van der Waals surface area contributed by atoms with Crippen molar-refractivity contribution in [2.24, 2.45) is 0 Å². The Balaban J connectivity index is 2.03. The molecule has 132 valence electrons. The molecule has 9 nitrogen and oxygen atoms in total. The average molecular weight is 342 g/mol. The lowest BCUT2D eigenvalue weighted by molar-refractivity contribution is -0.271. The van der Waals surface area contributed by atoms with Gasteiger partial charge in [0.2, 0.25) is 6.29 Å². The molecule has 1 aliphatic heterocycles. The molecule has 0 spiro atoms. The SMILES string of the molecule is O=C(O)CCc1ccc(O[C@@H]2O[C@H](C(=O)O)[C@@H](O)[C@H](O)[C@H]2O)cc1. The van der Waals surface area contributed by atoms with Crippen LogP contribution < -0.4 is 4.74 Å². The van der Waals surface area contributed by atoms with Crippen LogP contribution in [0.5, 0.6) is 5.75 Å². The van der Waals surface area contributed by atoms with E-state index < -0.39 is 42.6 Å². The molecule has 0 saturated carbocycles. The lowest BCUT2D eigenvalue weighted by Gasteiger charge is -2.38. The van der Waals surface area contributed by atoms with Crippen molar-refractivity contribution in [3.63, 3.8) is 0 Å². The van der Waals surface area contributed by atoms with E-state index in [4.69, 9.17) is 19.7 Å². The highest BCUT2D eigenvalue weighted by Crippen LogP contribution is 2.25. The first-order valence-electron chi connectivity index (χ1n) is 7.19. The van der Waals surface area contributed by atoms with Crippen LogP contribution in [-0.2, 0) is 20.7 Å². The number of aliphatic carboxylic acids is 2. The average Bonchev–Trinajstić information content (AvgIpc) is 2.54. The van der Waals surface area contributed by atoms with Gasteiger partial charge in [0.15, 0.2) is 6.10 Å². The van der Waals surface area contributed by atoms with Gasteiger partial charge in [-0.25, -0.2) is 4.79 Å². The summed E-state index contributed by atoms with van der Waals surface area (Å²) in [5, 5.41) is 46.7. The smallest absolute Gasteiger partial charge is 0.335 e. The fourth-order valence-electron chi connectivity index (χ4n) is 2.27. The third-order valence-corrected chi connectivity index (χ3v) is 3.62. The van der Waals surface area contributed by atoms with E-state index in [-0.39, 0.29) is 12.2 Å². The number of carboxylic acid groups (broad SMARTS) is 2. The molecule has 5 N–H and O–H groups in total. The van der Waals surface area contributed by atoms with Crippen LogP contribution >= 0.6 is 0 Å². The van der Waals surface area contributed by atoms with Crippen LogP contribution in [0.25, 0.3) is 0 Å². The van der Waals surface area contributed by atoms with Crippen molar-refractivity contribution in [1.82, 2.24) is 0 Å². The second-order valence-electron chi connectivity index (χ2n) is 5.39. The molecule has 0 unspecified atom stereocenters. The van der Waals surface area contributed by atoms with Crippen LogP contribution in [0.1, 0.15) is 12.0 Å². The summed E-state index contributed by atoms with van der Waals surface area (Å²) >= 11 is 0. The fraction of sp³-hybridized carbons (Fsp3) is 0.467. The number of benzene rings is 1. The topological polar surface area (TPSA) is 154 Å². The molecule has 1 saturated heterocycles. The van der Waals surface area contributed by atoms with Gasteiger partial charge in [-0.2, -0.15) is 0 Å². The number of aliphatic hydroxyl groups excluding tert-OH is 3. The van der Waals surface area contributed by atoms with E-state index in [0.717, 1.165) is 5.56 Å². The van der Waals surface area contributed by atoms with Crippen molar-refractivity contribution in [1.29, 1.82) is 0 Å². The van der Waals surface area contributed by atoms with E-state index in [1.165, 1.54) is 12.1 Å². The molecule has 0 radical (unpaired) electrons. The third-order valence-electron chi connectivity index (χ3n) is 3.62. The molecule has 1 aromatic rings. The van der Waals surface area contributed by atoms with Gasteiger partial charge in [-0.05, 0) is 24.1 Å². The van der Waals surface area contributed by atoms with E-state index in [1.54, 1.807) is 12.1 Å². The minimum absolute atomic E-state index is 0.0188. The number of aryl methyl sites for hydroxylation is 1. The van der Waals surface area contributed by atoms with Crippen molar-refractivity contribution in [2.45, 2.75) is 43.5 Å². The van der Waals surface area contributed by atoms with Gasteiger partial charge in [0.05, 0.1) is 0 Å². The Morgan fingerprint density at radius 1 is 1.00 bits per heavy atom. The lowest BCUT2D eigenvalue weighted by atomic mass is 9.99. The Bertz CT molecular complexity index is 585. The number of hydrogen-bond acceptors (Lipinski definition) is 7. The van der Waals surface area contributed by atoms with Crippen LogP contribution in [0.15, 0.2) is 24.3 Å². The standard InChI is InChI=1S/C15H18O9/c16-9(17)6-3-7-1-4-8(5-2-7)23-15-12(20)10(18)11(19)13(24-15)14(21)22/h1-2,4-5,10-13,15,18-20H,3,6H2,(H,16,17)(H,21,22)/t10-,11-,12+,13-,15+/m0/s1. The van der Waals surface area contributed by atoms with Crippen LogP contribution in [0.2, 0.25) is 0 Å². The molecule has 0 bridgehead atoms. The summed E-state index contributed by atoms with van der Waals surface area (Å²) in [6.07, 6.45) is -8.05. The summed E-state index contributed by atoms with van der Waals surface area (Å²) in [6.45, 7) is 0. The normalized spacial score (nSPS) is 29.9. The maximum Gasteiger partial charge on any atom is 0.335 e. The molecule has 9 heteroatoms. The molecule has 1 heterocycles. The minimum atomic E-state index is -1.78. The summed E-state index contributed by atoms with van der Waals surface area (Å²) < 4.78 is 10.3. The maximum absolute atomic E-state index is 11.0.